The number of anilines is 3. The van der Waals surface area contributed by atoms with Gasteiger partial charge in [-0.15, -0.1) is 0 Å². The van der Waals surface area contributed by atoms with Gasteiger partial charge < -0.3 is 20.4 Å². The number of nitrogens with one attached hydrogen (secondary N) is 2. The first-order valence-electron chi connectivity index (χ1n) is 11.6. The van der Waals surface area contributed by atoms with Crippen LogP contribution in [-0.2, 0) is 0 Å². The summed E-state index contributed by atoms with van der Waals surface area (Å²) in [6, 6.07) is 12.2. The van der Waals surface area contributed by atoms with Gasteiger partial charge in [0.2, 0.25) is 0 Å². The largest absolute Gasteiger partial charge is 0.382 e. The van der Waals surface area contributed by atoms with E-state index in [1.807, 2.05) is 18.2 Å². The molecule has 1 aliphatic heterocycles. The van der Waals surface area contributed by atoms with E-state index in [4.69, 9.17) is 5.26 Å². The maximum atomic E-state index is 11.8. The molecule has 0 bridgehead atoms. The van der Waals surface area contributed by atoms with Gasteiger partial charge in [-0.3, -0.25) is 10.1 Å². The van der Waals surface area contributed by atoms with Crippen molar-refractivity contribution in [3.05, 3.63) is 52.2 Å². The summed E-state index contributed by atoms with van der Waals surface area (Å²) in [5.41, 5.74) is 2.22. The first kappa shape index (κ1) is 22.8. The zero-order valence-electron chi connectivity index (χ0n) is 19.2. The summed E-state index contributed by atoms with van der Waals surface area (Å²) in [5.74, 6) is 0.787. The van der Waals surface area contributed by atoms with Crippen molar-refractivity contribution in [1.29, 1.82) is 5.26 Å². The van der Waals surface area contributed by atoms with Crippen molar-refractivity contribution < 1.29 is 4.92 Å². The third-order valence-corrected chi connectivity index (χ3v) is 6.82. The third-order valence-electron chi connectivity index (χ3n) is 6.82. The molecule has 2 aromatic rings. The molecule has 2 aliphatic rings. The Morgan fingerprint density at radius 2 is 1.85 bits per heavy atom. The number of hydrogen-bond donors (Lipinski definition) is 2. The summed E-state index contributed by atoms with van der Waals surface area (Å²) < 4.78 is 0. The summed E-state index contributed by atoms with van der Waals surface area (Å²) in [6.45, 7) is 4.62. The van der Waals surface area contributed by atoms with E-state index in [9.17, 15) is 10.1 Å². The molecule has 33 heavy (non-hydrogen) atoms. The number of benzene rings is 1. The maximum Gasteiger partial charge on any atom is 0.294 e. The fraction of sp³-hybridized carbons (Fsp3) is 0.500. The fourth-order valence-corrected chi connectivity index (χ4v) is 4.67. The monoisotopic (exact) mass is 449 g/mol. The Morgan fingerprint density at radius 1 is 1.12 bits per heavy atom. The van der Waals surface area contributed by atoms with Gasteiger partial charge in [-0.2, -0.15) is 5.26 Å². The van der Waals surface area contributed by atoms with E-state index in [1.165, 1.54) is 0 Å². The summed E-state index contributed by atoms with van der Waals surface area (Å²) in [4.78, 5) is 20.2. The fourth-order valence-electron chi connectivity index (χ4n) is 4.67. The van der Waals surface area contributed by atoms with Gasteiger partial charge in [-0.25, -0.2) is 4.98 Å². The highest BCUT2D eigenvalue weighted by atomic mass is 16.6. The first-order chi connectivity index (χ1) is 15.9. The molecule has 174 valence electrons. The molecule has 9 nitrogen and oxygen atoms in total. The third kappa shape index (κ3) is 5.52. The SMILES string of the molecule is C[C@H]1CN(c2ccc(NC3CCC(Nc4ccc(C#N)cn4)CC3)cc2[N+](=O)[O-])CCN1C. The summed E-state index contributed by atoms with van der Waals surface area (Å²) in [7, 11) is 2.09. The van der Waals surface area contributed by atoms with Crippen molar-refractivity contribution in [2.24, 2.45) is 0 Å². The summed E-state index contributed by atoms with van der Waals surface area (Å²) in [6.07, 6.45) is 5.49. The quantitative estimate of drug-likeness (QED) is 0.506. The Morgan fingerprint density at radius 3 is 2.45 bits per heavy atom. The van der Waals surface area contributed by atoms with Gasteiger partial charge in [-0.05, 0) is 63.9 Å². The Hall–Kier alpha value is -3.38. The summed E-state index contributed by atoms with van der Waals surface area (Å²) in [5, 5.41) is 27.7. The Labute approximate surface area is 194 Å². The minimum atomic E-state index is -0.269. The van der Waals surface area contributed by atoms with E-state index in [1.54, 1.807) is 18.3 Å². The molecule has 1 aromatic carbocycles. The maximum absolute atomic E-state index is 11.8. The van der Waals surface area contributed by atoms with E-state index < -0.39 is 0 Å². The minimum Gasteiger partial charge on any atom is -0.382 e. The lowest BCUT2D eigenvalue weighted by atomic mass is 9.91. The number of nitriles is 1. The topological polar surface area (TPSA) is 110 Å². The lowest BCUT2D eigenvalue weighted by molar-refractivity contribution is -0.384. The number of likely N-dealkylation sites (N-methyl/N-ethyl adjacent to an activating group) is 1. The number of pyridine rings is 1. The molecular weight excluding hydrogens is 418 g/mol. The molecule has 1 saturated carbocycles. The molecule has 1 saturated heterocycles. The average Bonchev–Trinajstić information content (AvgIpc) is 2.82. The van der Waals surface area contributed by atoms with Crippen LogP contribution < -0.4 is 15.5 Å². The van der Waals surface area contributed by atoms with Crippen molar-refractivity contribution in [3.63, 3.8) is 0 Å². The van der Waals surface area contributed by atoms with Crippen LogP contribution in [0.3, 0.4) is 0 Å². The molecule has 0 amide bonds. The van der Waals surface area contributed by atoms with Crippen LogP contribution in [0.25, 0.3) is 0 Å². The Bertz CT molecular complexity index is 1010. The van der Waals surface area contributed by atoms with Gasteiger partial charge in [0.1, 0.15) is 17.6 Å². The first-order valence-corrected chi connectivity index (χ1v) is 11.6. The number of rotatable bonds is 6. The molecule has 9 heteroatoms. The highest BCUT2D eigenvalue weighted by Gasteiger charge is 2.27. The van der Waals surface area contributed by atoms with Gasteiger partial charge in [0, 0.05) is 55.7 Å². The zero-order valence-corrected chi connectivity index (χ0v) is 19.2. The van der Waals surface area contributed by atoms with Gasteiger partial charge in [0.05, 0.1) is 10.5 Å². The van der Waals surface area contributed by atoms with E-state index >= 15 is 0 Å². The number of nitrogens with zero attached hydrogens (tertiary/aromatic N) is 5. The van der Waals surface area contributed by atoms with Crippen LogP contribution in [0.2, 0.25) is 0 Å². The second-order valence-electron chi connectivity index (χ2n) is 9.12. The van der Waals surface area contributed by atoms with Gasteiger partial charge in [0.25, 0.3) is 5.69 Å². The number of nitro groups is 1. The van der Waals surface area contributed by atoms with Crippen LogP contribution in [-0.4, -0.2) is 59.6 Å². The smallest absolute Gasteiger partial charge is 0.294 e. The molecule has 4 rings (SSSR count). The summed E-state index contributed by atoms with van der Waals surface area (Å²) >= 11 is 0. The van der Waals surface area contributed by atoms with E-state index in [0.717, 1.165) is 56.8 Å². The molecule has 1 atom stereocenters. The second-order valence-corrected chi connectivity index (χ2v) is 9.12. The molecule has 0 unspecified atom stereocenters. The lowest BCUT2D eigenvalue weighted by Gasteiger charge is -2.38. The minimum absolute atomic E-state index is 0.166. The van der Waals surface area contributed by atoms with Crippen molar-refractivity contribution in [2.45, 2.75) is 50.7 Å². The lowest BCUT2D eigenvalue weighted by Crippen LogP contribution is -2.50. The van der Waals surface area contributed by atoms with Crippen molar-refractivity contribution in [3.8, 4) is 6.07 Å². The van der Waals surface area contributed by atoms with Crippen LogP contribution >= 0.6 is 0 Å². The van der Waals surface area contributed by atoms with Crippen molar-refractivity contribution in [2.75, 3.05) is 42.2 Å². The molecule has 0 spiro atoms. The van der Waals surface area contributed by atoms with Crippen LogP contribution in [0.1, 0.15) is 38.2 Å². The molecule has 0 radical (unpaired) electrons. The molecule has 2 fully saturated rings. The predicted molar refractivity (Wildman–Crippen MR) is 130 cm³/mol. The Balaban J connectivity index is 1.35. The number of piperazine rings is 1. The van der Waals surface area contributed by atoms with Crippen LogP contribution in [0.4, 0.5) is 22.9 Å². The van der Waals surface area contributed by atoms with Crippen LogP contribution in [0.5, 0.6) is 0 Å². The van der Waals surface area contributed by atoms with Gasteiger partial charge >= 0.3 is 0 Å². The average molecular weight is 450 g/mol. The number of nitro benzene ring substituents is 1. The number of aromatic nitrogens is 1. The Kier molecular flexibility index (Phi) is 6.94. The standard InChI is InChI=1S/C24H31N7O2/c1-17-16-30(12-11-29(17)2)22-9-8-21(13-23(22)31(32)33)27-19-4-6-20(7-5-19)28-24-10-3-18(14-25)15-26-24/h3,8-10,13,15,17,19-20,27H,4-7,11-12,16H2,1-2H3,(H,26,28)/t17-,19?,20?/m0/s1. The molecule has 2 N–H and O–H groups in total. The predicted octanol–water partition coefficient (Wildman–Crippen LogP) is 3.84. The number of hydrogen-bond acceptors (Lipinski definition) is 8. The highest BCUT2D eigenvalue weighted by Crippen LogP contribution is 2.33. The van der Waals surface area contributed by atoms with E-state index in [2.05, 4.69) is 45.5 Å². The normalized spacial score (nSPS) is 23.5. The molecule has 1 aliphatic carbocycles. The van der Waals surface area contributed by atoms with Crippen molar-refractivity contribution >= 4 is 22.9 Å². The molecular formula is C24H31N7O2. The van der Waals surface area contributed by atoms with Crippen molar-refractivity contribution in [1.82, 2.24) is 9.88 Å². The van der Waals surface area contributed by atoms with E-state index in [-0.39, 0.29) is 16.7 Å². The molecule has 1 aromatic heterocycles. The van der Waals surface area contributed by atoms with Gasteiger partial charge in [0.15, 0.2) is 0 Å². The van der Waals surface area contributed by atoms with E-state index in [0.29, 0.717) is 23.3 Å². The molecule has 2 heterocycles. The van der Waals surface area contributed by atoms with Crippen LogP contribution in [0.15, 0.2) is 36.5 Å². The van der Waals surface area contributed by atoms with Gasteiger partial charge in [-0.1, -0.05) is 0 Å². The second kappa shape index (κ2) is 10.0. The highest BCUT2D eigenvalue weighted by molar-refractivity contribution is 5.69. The zero-order chi connectivity index (χ0) is 23.4. The van der Waals surface area contributed by atoms with Crippen LogP contribution in [0, 0.1) is 21.4 Å².